The van der Waals surface area contributed by atoms with Crippen LogP contribution < -0.4 is 10.6 Å². The summed E-state index contributed by atoms with van der Waals surface area (Å²) in [6.45, 7) is 7.58. The first-order valence-electron chi connectivity index (χ1n) is 9.20. The molecule has 1 fully saturated rings. The highest BCUT2D eigenvalue weighted by molar-refractivity contribution is 5.73. The van der Waals surface area contributed by atoms with Crippen LogP contribution in [0.5, 0.6) is 0 Å². The fourth-order valence-corrected chi connectivity index (χ4v) is 3.62. The second-order valence-electron chi connectivity index (χ2n) is 7.61. The zero-order chi connectivity index (χ0) is 17.9. The van der Waals surface area contributed by atoms with Crippen LogP contribution in [0.3, 0.4) is 0 Å². The lowest BCUT2D eigenvalue weighted by Gasteiger charge is -2.40. The molecule has 5 nitrogen and oxygen atoms in total. The van der Waals surface area contributed by atoms with E-state index in [1.54, 1.807) is 0 Å². The SMILES string of the molecule is Cc1cccc(CN2CCC(NC3(C)N=CC=C(N(C)C)N3)CC2)c1. The summed E-state index contributed by atoms with van der Waals surface area (Å²) < 4.78 is 0. The van der Waals surface area contributed by atoms with Gasteiger partial charge in [0, 0.05) is 32.9 Å². The van der Waals surface area contributed by atoms with Gasteiger partial charge in [-0.15, -0.1) is 0 Å². The van der Waals surface area contributed by atoms with Gasteiger partial charge in [-0.1, -0.05) is 29.8 Å². The van der Waals surface area contributed by atoms with E-state index in [1.807, 2.05) is 26.4 Å². The number of nitrogens with zero attached hydrogens (tertiary/aromatic N) is 3. The van der Waals surface area contributed by atoms with Crippen LogP contribution in [0.4, 0.5) is 0 Å². The van der Waals surface area contributed by atoms with Crippen molar-refractivity contribution in [3.05, 3.63) is 47.3 Å². The molecular formula is C20H31N5. The molecule has 1 aromatic carbocycles. The Morgan fingerprint density at radius 3 is 2.76 bits per heavy atom. The highest BCUT2D eigenvalue weighted by Gasteiger charge is 2.30. The van der Waals surface area contributed by atoms with Crippen LogP contribution in [-0.2, 0) is 6.54 Å². The number of benzene rings is 1. The molecule has 136 valence electrons. The summed E-state index contributed by atoms with van der Waals surface area (Å²) in [5.41, 5.74) is 2.76. The maximum Gasteiger partial charge on any atom is 0.183 e. The number of nitrogens with one attached hydrogen (secondary N) is 2. The van der Waals surface area contributed by atoms with E-state index in [-0.39, 0.29) is 0 Å². The molecule has 3 rings (SSSR count). The predicted molar refractivity (Wildman–Crippen MR) is 104 cm³/mol. The number of rotatable bonds is 5. The second-order valence-corrected chi connectivity index (χ2v) is 7.61. The van der Waals surface area contributed by atoms with E-state index in [0.717, 1.165) is 38.3 Å². The van der Waals surface area contributed by atoms with Crippen LogP contribution in [0.1, 0.15) is 30.9 Å². The van der Waals surface area contributed by atoms with Gasteiger partial charge >= 0.3 is 0 Å². The number of allylic oxidation sites excluding steroid dienone is 1. The van der Waals surface area contributed by atoms with Crippen molar-refractivity contribution < 1.29 is 0 Å². The Kier molecular flexibility index (Phi) is 5.45. The molecular weight excluding hydrogens is 310 g/mol. The fraction of sp³-hybridized carbons (Fsp3) is 0.550. The number of hydrogen-bond donors (Lipinski definition) is 2. The third-order valence-electron chi connectivity index (χ3n) is 4.98. The average molecular weight is 342 g/mol. The topological polar surface area (TPSA) is 42.9 Å². The highest BCUT2D eigenvalue weighted by Crippen LogP contribution is 2.18. The van der Waals surface area contributed by atoms with E-state index >= 15 is 0 Å². The lowest BCUT2D eigenvalue weighted by Crippen LogP contribution is -2.60. The first-order valence-corrected chi connectivity index (χ1v) is 9.20. The molecule has 0 aliphatic carbocycles. The van der Waals surface area contributed by atoms with Crippen LogP contribution in [0.2, 0.25) is 0 Å². The summed E-state index contributed by atoms with van der Waals surface area (Å²) in [6.07, 6.45) is 6.21. The standard InChI is InChI=1S/C20H31N5/c1-16-6-5-7-17(14-16)15-25-12-9-18(10-13-25)22-20(2)21-11-8-19(23-20)24(3)4/h5-8,11,14,18,22-23H,9-10,12-13,15H2,1-4H3. The zero-order valence-corrected chi connectivity index (χ0v) is 15.9. The minimum Gasteiger partial charge on any atom is -0.364 e. The van der Waals surface area contributed by atoms with Gasteiger partial charge in [-0.3, -0.25) is 15.2 Å². The van der Waals surface area contributed by atoms with Crippen molar-refractivity contribution in [2.24, 2.45) is 4.99 Å². The maximum atomic E-state index is 4.62. The van der Waals surface area contributed by atoms with Crippen molar-refractivity contribution in [2.45, 2.75) is 45.1 Å². The largest absolute Gasteiger partial charge is 0.364 e. The van der Waals surface area contributed by atoms with Crippen molar-refractivity contribution >= 4 is 6.21 Å². The van der Waals surface area contributed by atoms with Crippen molar-refractivity contribution in [2.75, 3.05) is 27.2 Å². The molecule has 2 heterocycles. The highest BCUT2D eigenvalue weighted by atomic mass is 15.4. The van der Waals surface area contributed by atoms with Gasteiger partial charge in [0.05, 0.1) is 0 Å². The Morgan fingerprint density at radius 2 is 2.08 bits per heavy atom. The van der Waals surface area contributed by atoms with E-state index in [2.05, 4.69) is 63.5 Å². The Morgan fingerprint density at radius 1 is 1.32 bits per heavy atom. The van der Waals surface area contributed by atoms with Gasteiger partial charge in [0.15, 0.2) is 5.79 Å². The molecule has 1 saturated heterocycles. The third-order valence-corrected chi connectivity index (χ3v) is 4.98. The molecule has 0 spiro atoms. The summed E-state index contributed by atoms with van der Waals surface area (Å²) in [6, 6.07) is 9.33. The lowest BCUT2D eigenvalue weighted by atomic mass is 10.0. The number of piperidine rings is 1. The minimum absolute atomic E-state index is 0.419. The molecule has 0 amide bonds. The van der Waals surface area contributed by atoms with Gasteiger partial charge < -0.3 is 10.2 Å². The molecule has 0 radical (unpaired) electrons. The summed E-state index contributed by atoms with van der Waals surface area (Å²) in [5, 5.41) is 7.21. The summed E-state index contributed by atoms with van der Waals surface area (Å²) in [7, 11) is 4.09. The Bertz CT molecular complexity index is 643. The van der Waals surface area contributed by atoms with Crippen molar-refractivity contribution in [1.82, 2.24) is 20.4 Å². The predicted octanol–water partition coefficient (Wildman–Crippen LogP) is 2.30. The van der Waals surface area contributed by atoms with Crippen LogP contribution in [0, 0.1) is 6.92 Å². The van der Waals surface area contributed by atoms with Crippen LogP contribution >= 0.6 is 0 Å². The van der Waals surface area contributed by atoms with Crippen LogP contribution in [-0.4, -0.2) is 55.0 Å². The first kappa shape index (κ1) is 18.0. The third kappa shape index (κ3) is 4.83. The fourth-order valence-electron chi connectivity index (χ4n) is 3.62. The van der Waals surface area contributed by atoms with Crippen molar-refractivity contribution in [3.8, 4) is 0 Å². The number of likely N-dealkylation sites (tertiary alicyclic amines) is 1. The van der Waals surface area contributed by atoms with E-state index in [0.29, 0.717) is 6.04 Å². The van der Waals surface area contributed by atoms with Crippen LogP contribution in [0.25, 0.3) is 0 Å². The monoisotopic (exact) mass is 341 g/mol. The molecule has 5 heteroatoms. The normalized spacial score (nSPS) is 24.7. The second kappa shape index (κ2) is 7.58. The minimum atomic E-state index is -0.419. The number of aliphatic imine (C=N–C) groups is 1. The number of aryl methyl sites for hydroxylation is 1. The van der Waals surface area contributed by atoms with Gasteiger partial charge in [0.2, 0.25) is 0 Å². The molecule has 0 saturated carbocycles. The van der Waals surface area contributed by atoms with Crippen molar-refractivity contribution in [3.63, 3.8) is 0 Å². The lowest BCUT2D eigenvalue weighted by molar-refractivity contribution is 0.158. The summed E-state index contributed by atoms with van der Waals surface area (Å²) in [5.74, 6) is 0.666. The van der Waals surface area contributed by atoms with Crippen LogP contribution in [0.15, 0.2) is 41.2 Å². The van der Waals surface area contributed by atoms with Gasteiger partial charge in [-0.25, -0.2) is 0 Å². The Labute approximate surface area is 151 Å². The maximum absolute atomic E-state index is 4.62. The average Bonchev–Trinajstić information content (AvgIpc) is 2.56. The molecule has 1 unspecified atom stereocenters. The van der Waals surface area contributed by atoms with Gasteiger partial charge in [0.1, 0.15) is 5.82 Å². The molecule has 2 N–H and O–H groups in total. The molecule has 0 aromatic heterocycles. The molecule has 2 aliphatic heterocycles. The molecule has 0 bridgehead atoms. The van der Waals surface area contributed by atoms with Crippen molar-refractivity contribution in [1.29, 1.82) is 0 Å². The molecule has 1 atom stereocenters. The van der Waals surface area contributed by atoms with Gasteiger partial charge in [0.25, 0.3) is 0 Å². The van der Waals surface area contributed by atoms with Gasteiger partial charge in [-0.2, -0.15) is 0 Å². The van der Waals surface area contributed by atoms with E-state index in [4.69, 9.17) is 0 Å². The van der Waals surface area contributed by atoms with E-state index in [9.17, 15) is 0 Å². The van der Waals surface area contributed by atoms with E-state index in [1.165, 1.54) is 11.1 Å². The Balaban J connectivity index is 1.49. The molecule has 25 heavy (non-hydrogen) atoms. The smallest absolute Gasteiger partial charge is 0.183 e. The van der Waals surface area contributed by atoms with E-state index < -0.39 is 5.79 Å². The first-order chi connectivity index (χ1) is 11.9. The molecule has 1 aromatic rings. The zero-order valence-electron chi connectivity index (χ0n) is 15.9. The summed E-state index contributed by atoms with van der Waals surface area (Å²) in [4.78, 5) is 9.25. The number of hydrogen-bond acceptors (Lipinski definition) is 5. The molecule has 2 aliphatic rings. The Hall–Kier alpha value is -1.85. The quantitative estimate of drug-likeness (QED) is 0.862. The summed E-state index contributed by atoms with van der Waals surface area (Å²) >= 11 is 0. The van der Waals surface area contributed by atoms with Gasteiger partial charge in [-0.05, 0) is 51.4 Å².